The third kappa shape index (κ3) is 5.81. The molecule has 0 radical (unpaired) electrons. The monoisotopic (exact) mass is 434 g/mol. The van der Waals surface area contributed by atoms with Gasteiger partial charge in [0.1, 0.15) is 0 Å². The summed E-state index contributed by atoms with van der Waals surface area (Å²) < 4.78 is 27.3. The van der Waals surface area contributed by atoms with Gasteiger partial charge >= 0.3 is 0 Å². The van der Waals surface area contributed by atoms with E-state index >= 15 is 0 Å². The van der Waals surface area contributed by atoms with Gasteiger partial charge in [0.15, 0.2) is 5.96 Å². The molecule has 1 aliphatic heterocycles. The molecule has 1 aromatic heterocycles. The van der Waals surface area contributed by atoms with Crippen molar-refractivity contribution < 1.29 is 8.42 Å². The van der Waals surface area contributed by atoms with Crippen molar-refractivity contribution in [3.05, 3.63) is 51.7 Å². The summed E-state index contributed by atoms with van der Waals surface area (Å²) in [5.41, 5.74) is 1.01. The van der Waals surface area contributed by atoms with E-state index in [2.05, 4.69) is 41.6 Å². The topological polar surface area (TPSA) is 73.8 Å². The lowest BCUT2D eigenvalue weighted by Crippen LogP contribution is -2.39. The van der Waals surface area contributed by atoms with Crippen molar-refractivity contribution in [3.8, 4) is 0 Å². The lowest BCUT2D eigenvalue weighted by atomic mass is 10.0. The van der Waals surface area contributed by atoms with Crippen LogP contribution in [0.2, 0.25) is 0 Å². The maximum atomic E-state index is 12.9. The van der Waals surface area contributed by atoms with E-state index in [0.29, 0.717) is 30.4 Å². The van der Waals surface area contributed by atoms with Gasteiger partial charge in [0.2, 0.25) is 10.0 Å². The van der Waals surface area contributed by atoms with Crippen LogP contribution in [0.3, 0.4) is 0 Å². The van der Waals surface area contributed by atoms with Gasteiger partial charge < -0.3 is 10.6 Å². The zero-order valence-corrected chi connectivity index (χ0v) is 18.9. The molecule has 1 atom stereocenters. The molecule has 0 bridgehead atoms. The van der Waals surface area contributed by atoms with Crippen LogP contribution in [0.1, 0.15) is 35.1 Å². The molecule has 0 saturated carbocycles. The third-order valence-corrected chi connectivity index (χ3v) is 7.97. The minimum absolute atomic E-state index is 0.367. The Morgan fingerprint density at radius 3 is 2.52 bits per heavy atom. The fraction of sp³-hybridized carbons (Fsp3) is 0.476. The second-order valence-corrected chi connectivity index (χ2v) is 10.9. The molecule has 2 N–H and O–H groups in total. The van der Waals surface area contributed by atoms with Crippen molar-refractivity contribution in [2.75, 3.05) is 20.1 Å². The highest BCUT2D eigenvalue weighted by molar-refractivity contribution is 7.89. The van der Waals surface area contributed by atoms with Crippen LogP contribution in [0, 0.1) is 12.8 Å². The van der Waals surface area contributed by atoms with Gasteiger partial charge in [-0.05, 0) is 55.5 Å². The average molecular weight is 435 g/mol. The summed E-state index contributed by atoms with van der Waals surface area (Å²) in [7, 11) is -1.67. The molecule has 1 fully saturated rings. The summed E-state index contributed by atoms with van der Waals surface area (Å²) in [5.74, 6) is 1.13. The standard InChI is InChI=1S/C21H30N4O2S2/c1-16-5-4-12-25(15-16)29(26,27)20-10-7-18(8-11-20)13-23-21(22-3)24-14-19-9-6-17(2)28-19/h6-11,16H,4-5,12-15H2,1-3H3,(H2,22,23,24). The van der Waals surface area contributed by atoms with Gasteiger partial charge in [0.05, 0.1) is 11.4 Å². The number of thiophene rings is 1. The Morgan fingerprint density at radius 1 is 1.17 bits per heavy atom. The van der Waals surface area contributed by atoms with E-state index in [1.807, 2.05) is 12.1 Å². The van der Waals surface area contributed by atoms with Crippen molar-refractivity contribution in [2.45, 2.75) is 44.7 Å². The van der Waals surface area contributed by atoms with Crippen LogP contribution in [-0.4, -0.2) is 38.8 Å². The molecular formula is C21H30N4O2S2. The van der Waals surface area contributed by atoms with Crippen LogP contribution in [0.15, 0.2) is 46.3 Å². The van der Waals surface area contributed by atoms with Crippen molar-refractivity contribution in [1.29, 1.82) is 0 Å². The molecule has 0 spiro atoms. The van der Waals surface area contributed by atoms with E-state index in [4.69, 9.17) is 0 Å². The van der Waals surface area contributed by atoms with Crippen molar-refractivity contribution in [2.24, 2.45) is 10.9 Å². The Bertz CT molecular complexity index is 936. The zero-order chi connectivity index (χ0) is 20.9. The number of sulfonamides is 1. The van der Waals surface area contributed by atoms with Crippen LogP contribution in [0.5, 0.6) is 0 Å². The number of hydrogen-bond acceptors (Lipinski definition) is 4. The summed E-state index contributed by atoms with van der Waals surface area (Å²) in [6.45, 7) is 6.72. The van der Waals surface area contributed by atoms with Gasteiger partial charge in [0.25, 0.3) is 0 Å². The van der Waals surface area contributed by atoms with E-state index in [1.54, 1.807) is 34.8 Å². The van der Waals surface area contributed by atoms with Gasteiger partial charge in [-0.25, -0.2) is 8.42 Å². The van der Waals surface area contributed by atoms with E-state index in [-0.39, 0.29) is 0 Å². The number of rotatable bonds is 6. The average Bonchev–Trinajstić information content (AvgIpc) is 3.13. The van der Waals surface area contributed by atoms with Crippen molar-refractivity contribution in [3.63, 3.8) is 0 Å². The van der Waals surface area contributed by atoms with Crippen LogP contribution in [0.25, 0.3) is 0 Å². The highest BCUT2D eigenvalue weighted by Crippen LogP contribution is 2.23. The second kappa shape index (κ2) is 9.73. The Hall–Kier alpha value is -1.90. The lowest BCUT2D eigenvalue weighted by Gasteiger charge is -2.30. The highest BCUT2D eigenvalue weighted by Gasteiger charge is 2.28. The summed E-state index contributed by atoms with van der Waals surface area (Å²) in [5, 5.41) is 6.57. The maximum Gasteiger partial charge on any atom is 0.243 e. The summed E-state index contributed by atoms with van der Waals surface area (Å²) in [6.07, 6.45) is 2.03. The fourth-order valence-corrected chi connectivity index (χ4v) is 5.88. The molecule has 1 unspecified atom stereocenters. The van der Waals surface area contributed by atoms with Crippen LogP contribution in [0.4, 0.5) is 0 Å². The molecule has 1 aromatic carbocycles. The van der Waals surface area contributed by atoms with Gasteiger partial charge in [-0.3, -0.25) is 4.99 Å². The largest absolute Gasteiger partial charge is 0.352 e. The SMILES string of the molecule is CN=C(NCc1ccc(S(=O)(=O)N2CCCC(C)C2)cc1)NCc1ccc(C)s1. The van der Waals surface area contributed by atoms with Crippen LogP contribution >= 0.6 is 11.3 Å². The Morgan fingerprint density at radius 2 is 1.90 bits per heavy atom. The van der Waals surface area contributed by atoms with Crippen LogP contribution in [-0.2, 0) is 23.1 Å². The molecule has 158 valence electrons. The zero-order valence-electron chi connectivity index (χ0n) is 17.3. The first-order valence-corrected chi connectivity index (χ1v) is 12.2. The molecule has 3 rings (SSSR count). The number of nitrogens with zero attached hydrogens (tertiary/aromatic N) is 2. The highest BCUT2D eigenvalue weighted by atomic mass is 32.2. The maximum absolute atomic E-state index is 12.9. The smallest absolute Gasteiger partial charge is 0.243 e. The van der Waals surface area contributed by atoms with Crippen molar-refractivity contribution in [1.82, 2.24) is 14.9 Å². The molecule has 1 saturated heterocycles. The lowest BCUT2D eigenvalue weighted by molar-refractivity contribution is 0.281. The molecule has 0 amide bonds. The molecule has 2 heterocycles. The number of nitrogens with one attached hydrogen (secondary N) is 2. The number of aryl methyl sites for hydroxylation is 1. The normalized spacial score (nSPS) is 18.6. The van der Waals surface area contributed by atoms with E-state index in [0.717, 1.165) is 30.9 Å². The quantitative estimate of drug-likeness (QED) is 0.540. The minimum atomic E-state index is -3.41. The predicted octanol–water partition coefficient (Wildman–Crippen LogP) is 3.34. The van der Waals surface area contributed by atoms with Crippen LogP contribution < -0.4 is 10.6 Å². The molecule has 0 aliphatic carbocycles. The van der Waals surface area contributed by atoms with E-state index < -0.39 is 10.0 Å². The first kappa shape index (κ1) is 21.8. The first-order valence-electron chi connectivity index (χ1n) is 9.97. The number of guanidine groups is 1. The number of benzene rings is 1. The molecule has 8 heteroatoms. The van der Waals surface area contributed by atoms with Gasteiger partial charge in [-0.15, -0.1) is 11.3 Å². The Labute approximate surface area is 178 Å². The van der Waals surface area contributed by atoms with Crippen molar-refractivity contribution >= 4 is 27.3 Å². The summed E-state index contributed by atoms with van der Waals surface area (Å²) in [6, 6.07) is 11.4. The molecule has 2 aromatic rings. The Balaban J connectivity index is 1.55. The summed E-state index contributed by atoms with van der Waals surface area (Å²) in [4.78, 5) is 7.16. The fourth-order valence-electron chi connectivity index (χ4n) is 3.45. The van der Waals surface area contributed by atoms with Gasteiger partial charge in [-0.2, -0.15) is 4.31 Å². The first-order chi connectivity index (χ1) is 13.9. The van der Waals surface area contributed by atoms with E-state index in [9.17, 15) is 8.42 Å². The minimum Gasteiger partial charge on any atom is -0.352 e. The molecule has 29 heavy (non-hydrogen) atoms. The molecular weight excluding hydrogens is 404 g/mol. The Kier molecular flexibility index (Phi) is 7.32. The van der Waals surface area contributed by atoms with Gasteiger partial charge in [-0.1, -0.05) is 19.1 Å². The summed E-state index contributed by atoms with van der Waals surface area (Å²) >= 11 is 1.76. The number of piperidine rings is 1. The second-order valence-electron chi connectivity index (χ2n) is 7.55. The number of hydrogen-bond donors (Lipinski definition) is 2. The third-order valence-electron chi connectivity index (χ3n) is 5.09. The molecule has 1 aliphatic rings. The number of aliphatic imine (C=N–C) groups is 1. The predicted molar refractivity (Wildman–Crippen MR) is 120 cm³/mol. The van der Waals surface area contributed by atoms with Gasteiger partial charge in [0, 0.05) is 36.4 Å². The van der Waals surface area contributed by atoms with E-state index in [1.165, 1.54) is 9.75 Å². The molecule has 6 nitrogen and oxygen atoms in total.